The van der Waals surface area contributed by atoms with Crippen molar-refractivity contribution < 1.29 is 4.79 Å². The monoisotopic (exact) mass is 381 g/mol. The molecular weight excluding hydrogens is 358 g/mol. The van der Waals surface area contributed by atoms with Crippen molar-refractivity contribution in [2.45, 2.75) is 6.54 Å². The average Bonchev–Trinajstić information content (AvgIpc) is 3.13. The number of aromatic nitrogens is 2. The zero-order valence-electron chi connectivity index (χ0n) is 15.4. The molecule has 1 aliphatic heterocycles. The topological polar surface area (TPSA) is 52.6 Å². The van der Waals surface area contributed by atoms with Crippen molar-refractivity contribution in [2.24, 2.45) is 0 Å². The number of rotatable bonds is 5. The minimum absolute atomic E-state index is 0.186. The van der Waals surface area contributed by atoms with Crippen LogP contribution in [0.1, 0.15) is 5.56 Å². The molecule has 4 rings (SSSR count). The van der Waals surface area contributed by atoms with Crippen LogP contribution in [0.5, 0.6) is 0 Å². The summed E-state index contributed by atoms with van der Waals surface area (Å²) in [4.78, 5) is 27.8. The molecule has 7 heteroatoms. The number of anilines is 1. The maximum absolute atomic E-state index is 12.6. The van der Waals surface area contributed by atoms with Gasteiger partial charge in [-0.1, -0.05) is 29.5 Å². The van der Waals surface area contributed by atoms with Gasteiger partial charge in [-0.15, -0.1) is 0 Å². The van der Waals surface area contributed by atoms with E-state index in [1.54, 1.807) is 17.5 Å². The fourth-order valence-corrected chi connectivity index (χ4v) is 4.35. The van der Waals surface area contributed by atoms with Crippen LogP contribution in [-0.4, -0.2) is 65.4 Å². The summed E-state index contributed by atoms with van der Waals surface area (Å²) in [5, 5.41) is 1.05. The molecule has 1 saturated heterocycles. The van der Waals surface area contributed by atoms with Gasteiger partial charge in [0, 0.05) is 45.1 Å². The molecule has 0 N–H and O–H groups in total. The standard InChI is InChI=1S/C20H23N5OS/c1-23(14-16-5-4-8-21-13-16)15-19(26)24-9-11-25(12-10-24)20-22-17-6-2-3-7-18(17)27-20/h2-8,13H,9-12,14-15H2,1H3. The first-order chi connectivity index (χ1) is 13.2. The molecule has 1 aromatic carbocycles. The van der Waals surface area contributed by atoms with E-state index in [0.29, 0.717) is 6.54 Å². The summed E-state index contributed by atoms with van der Waals surface area (Å²) in [5.74, 6) is 0.186. The van der Waals surface area contributed by atoms with Crippen molar-refractivity contribution in [3.8, 4) is 0 Å². The van der Waals surface area contributed by atoms with Crippen LogP contribution < -0.4 is 4.90 Å². The van der Waals surface area contributed by atoms with E-state index in [4.69, 9.17) is 4.98 Å². The third kappa shape index (κ3) is 4.26. The molecule has 140 valence electrons. The van der Waals surface area contributed by atoms with Gasteiger partial charge >= 0.3 is 0 Å². The third-order valence-corrected chi connectivity index (χ3v) is 5.86. The SMILES string of the molecule is CN(CC(=O)N1CCN(c2nc3ccccc3s2)CC1)Cc1cccnc1. The van der Waals surface area contributed by atoms with E-state index >= 15 is 0 Å². The number of likely N-dealkylation sites (N-methyl/N-ethyl adjacent to an activating group) is 1. The summed E-state index contributed by atoms with van der Waals surface area (Å²) < 4.78 is 1.21. The van der Waals surface area contributed by atoms with Gasteiger partial charge in [0.2, 0.25) is 5.91 Å². The lowest BCUT2D eigenvalue weighted by atomic mass is 10.2. The summed E-state index contributed by atoms with van der Waals surface area (Å²) in [5.41, 5.74) is 2.17. The van der Waals surface area contributed by atoms with Gasteiger partial charge in [-0.05, 0) is 30.8 Å². The number of thiazole rings is 1. The van der Waals surface area contributed by atoms with Crippen molar-refractivity contribution in [3.63, 3.8) is 0 Å². The molecule has 0 spiro atoms. The first-order valence-corrected chi connectivity index (χ1v) is 9.96. The first kappa shape index (κ1) is 17.9. The number of hydrogen-bond acceptors (Lipinski definition) is 6. The second-order valence-electron chi connectivity index (χ2n) is 6.87. The van der Waals surface area contributed by atoms with Gasteiger partial charge in [-0.3, -0.25) is 14.7 Å². The Hall–Kier alpha value is -2.51. The normalized spacial score (nSPS) is 14.9. The molecule has 0 aliphatic carbocycles. The number of carbonyl (C=O) groups is 1. The smallest absolute Gasteiger partial charge is 0.236 e. The molecule has 6 nitrogen and oxygen atoms in total. The van der Waals surface area contributed by atoms with E-state index < -0.39 is 0 Å². The summed E-state index contributed by atoms with van der Waals surface area (Å²) in [6, 6.07) is 12.2. The van der Waals surface area contributed by atoms with E-state index in [2.05, 4.69) is 16.0 Å². The van der Waals surface area contributed by atoms with Crippen LogP contribution in [0.2, 0.25) is 0 Å². The lowest BCUT2D eigenvalue weighted by molar-refractivity contribution is -0.132. The molecule has 2 aromatic heterocycles. The third-order valence-electron chi connectivity index (χ3n) is 4.77. The van der Waals surface area contributed by atoms with Crippen LogP contribution in [-0.2, 0) is 11.3 Å². The van der Waals surface area contributed by atoms with E-state index in [1.807, 2.05) is 53.4 Å². The number of hydrogen-bond donors (Lipinski definition) is 0. The molecule has 27 heavy (non-hydrogen) atoms. The fraction of sp³-hybridized carbons (Fsp3) is 0.350. The summed E-state index contributed by atoms with van der Waals surface area (Å²) in [6.45, 7) is 4.31. The minimum Gasteiger partial charge on any atom is -0.345 e. The van der Waals surface area contributed by atoms with Crippen molar-refractivity contribution in [1.82, 2.24) is 19.8 Å². The Balaban J connectivity index is 1.30. The molecule has 3 heterocycles. The Morgan fingerprint density at radius 1 is 1.15 bits per heavy atom. The van der Waals surface area contributed by atoms with Crippen LogP contribution in [0.3, 0.4) is 0 Å². The van der Waals surface area contributed by atoms with E-state index in [-0.39, 0.29) is 5.91 Å². The quantitative estimate of drug-likeness (QED) is 0.680. The predicted molar refractivity (Wildman–Crippen MR) is 109 cm³/mol. The molecule has 0 bridgehead atoms. The van der Waals surface area contributed by atoms with Crippen molar-refractivity contribution >= 4 is 32.6 Å². The highest BCUT2D eigenvalue weighted by atomic mass is 32.1. The maximum atomic E-state index is 12.6. The van der Waals surface area contributed by atoms with Gasteiger partial charge < -0.3 is 9.80 Å². The van der Waals surface area contributed by atoms with E-state index in [9.17, 15) is 4.79 Å². The first-order valence-electron chi connectivity index (χ1n) is 9.15. The van der Waals surface area contributed by atoms with Crippen LogP contribution in [0.25, 0.3) is 10.2 Å². The number of piperazine rings is 1. The number of pyridine rings is 1. The Morgan fingerprint density at radius 3 is 2.70 bits per heavy atom. The van der Waals surface area contributed by atoms with E-state index in [0.717, 1.165) is 48.9 Å². The molecule has 0 unspecified atom stereocenters. The predicted octanol–water partition coefficient (Wildman–Crippen LogP) is 2.47. The van der Waals surface area contributed by atoms with Gasteiger partial charge in [0.15, 0.2) is 5.13 Å². The van der Waals surface area contributed by atoms with E-state index in [1.165, 1.54) is 4.70 Å². The number of nitrogens with zero attached hydrogens (tertiary/aromatic N) is 5. The number of para-hydroxylation sites is 1. The summed E-state index contributed by atoms with van der Waals surface area (Å²) in [7, 11) is 1.97. The van der Waals surface area contributed by atoms with Crippen LogP contribution in [0.4, 0.5) is 5.13 Å². The highest BCUT2D eigenvalue weighted by Crippen LogP contribution is 2.29. The Morgan fingerprint density at radius 2 is 1.96 bits per heavy atom. The molecule has 1 aliphatic rings. The zero-order chi connectivity index (χ0) is 18.6. The lowest BCUT2D eigenvalue weighted by Gasteiger charge is -2.35. The fourth-order valence-electron chi connectivity index (χ4n) is 3.33. The second kappa shape index (κ2) is 8.02. The molecule has 1 amide bonds. The van der Waals surface area contributed by atoms with Crippen LogP contribution >= 0.6 is 11.3 Å². The minimum atomic E-state index is 0.186. The second-order valence-corrected chi connectivity index (χ2v) is 7.87. The largest absolute Gasteiger partial charge is 0.345 e. The number of benzene rings is 1. The molecule has 0 radical (unpaired) electrons. The van der Waals surface area contributed by atoms with Crippen LogP contribution in [0.15, 0.2) is 48.8 Å². The van der Waals surface area contributed by atoms with Crippen molar-refractivity contribution in [2.75, 3.05) is 44.7 Å². The molecule has 0 atom stereocenters. The Kier molecular flexibility index (Phi) is 5.31. The average molecular weight is 382 g/mol. The highest BCUT2D eigenvalue weighted by molar-refractivity contribution is 7.22. The van der Waals surface area contributed by atoms with Gasteiger partial charge in [0.05, 0.1) is 16.8 Å². The molecular formula is C20H23N5OS. The molecule has 0 saturated carbocycles. The lowest BCUT2D eigenvalue weighted by Crippen LogP contribution is -2.51. The Labute approximate surface area is 163 Å². The van der Waals surface area contributed by atoms with Gasteiger partial charge in [0.25, 0.3) is 0 Å². The summed E-state index contributed by atoms with van der Waals surface area (Å²) >= 11 is 1.72. The Bertz CT molecular complexity index is 872. The van der Waals surface area contributed by atoms with Crippen LogP contribution in [0, 0.1) is 0 Å². The number of fused-ring (bicyclic) bond motifs is 1. The van der Waals surface area contributed by atoms with Crippen molar-refractivity contribution in [1.29, 1.82) is 0 Å². The van der Waals surface area contributed by atoms with Gasteiger partial charge in [-0.2, -0.15) is 0 Å². The number of amides is 1. The summed E-state index contributed by atoms with van der Waals surface area (Å²) in [6.07, 6.45) is 3.61. The number of carbonyl (C=O) groups excluding carboxylic acids is 1. The van der Waals surface area contributed by atoms with Crippen molar-refractivity contribution in [3.05, 3.63) is 54.4 Å². The molecule has 3 aromatic rings. The van der Waals surface area contributed by atoms with Gasteiger partial charge in [0.1, 0.15) is 0 Å². The zero-order valence-corrected chi connectivity index (χ0v) is 16.2. The highest BCUT2D eigenvalue weighted by Gasteiger charge is 2.23. The molecule has 1 fully saturated rings. The maximum Gasteiger partial charge on any atom is 0.236 e. The van der Waals surface area contributed by atoms with Gasteiger partial charge in [-0.25, -0.2) is 4.98 Å².